The summed E-state index contributed by atoms with van der Waals surface area (Å²) in [6.07, 6.45) is -9.42. The molecule has 0 unspecified atom stereocenters. The molecule has 0 atom stereocenters. The summed E-state index contributed by atoms with van der Waals surface area (Å²) >= 11 is 0. The molecule has 254 valence electrons. The predicted octanol–water partition coefficient (Wildman–Crippen LogP) is 2.94. The summed E-state index contributed by atoms with van der Waals surface area (Å²) in [6.45, 7) is 9.72. The number of nitrogens with zero attached hydrogens (tertiary/aromatic N) is 6. The molecule has 45 heavy (non-hydrogen) atoms. The SMILES string of the molecule is CN1CCN(Cc2cnc3n2CCN(Cc2ccncc2)C3)CC1.O=C(O)C(F)(F)F.O=C(O)C(F)(F)F.O=C(O)C(F)(F)F. The van der Waals surface area contributed by atoms with Crippen molar-refractivity contribution in [3.8, 4) is 0 Å². The number of halogens is 9. The fourth-order valence-corrected chi connectivity index (χ4v) is 3.62. The molecule has 0 aromatic carbocycles. The van der Waals surface area contributed by atoms with E-state index in [0.29, 0.717) is 0 Å². The van der Waals surface area contributed by atoms with Gasteiger partial charge in [-0.2, -0.15) is 39.5 Å². The number of aromatic nitrogens is 3. The summed E-state index contributed by atoms with van der Waals surface area (Å²) in [5.74, 6) is -7.06. The van der Waals surface area contributed by atoms with Crippen LogP contribution in [0.1, 0.15) is 17.1 Å². The first kappa shape index (κ1) is 39.0. The predicted molar refractivity (Wildman–Crippen MR) is 134 cm³/mol. The van der Waals surface area contributed by atoms with Gasteiger partial charge in [0.25, 0.3) is 0 Å². The number of fused-ring (bicyclic) bond motifs is 1. The molecule has 0 aliphatic carbocycles. The number of carbonyl (C=O) groups is 3. The van der Waals surface area contributed by atoms with Crippen LogP contribution in [0.15, 0.2) is 30.7 Å². The summed E-state index contributed by atoms with van der Waals surface area (Å²) in [7, 11) is 2.20. The minimum Gasteiger partial charge on any atom is -0.475 e. The van der Waals surface area contributed by atoms with E-state index in [1.54, 1.807) is 0 Å². The number of alkyl halides is 9. The lowest BCUT2D eigenvalue weighted by molar-refractivity contribution is -0.193. The van der Waals surface area contributed by atoms with Gasteiger partial charge in [0.05, 0.1) is 12.2 Å². The van der Waals surface area contributed by atoms with E-state index in [9.17, 15) is 39.5 Å². The Morgan fingerprint density at radius 3 is 1.56 bits per heavy atom. The van der Waals surface area contributed by atoms with Crippen molar-refractivity contribution in [3.63, 3.8) is 0 Å². The highest BCUT2D eigenvalue weighted by atomic mass is 19.4. The molecule has 0 radical (unpaired) electrons. The van der Waals surface area contributed by atoms with Crippen LogP contribution in [-0.2, 0) is 40.6 Å². The second-order valence-electron chi connectivity index (χ2n) is 9.37. The van der Waals surface area contributed by atoms with E-state index >= 15 is 0 Å². The van der Waals surface area contributed by atoms with Gasteiger partial charge in [0.2, 0.25) is 0 Å². The Bertz CT molecular complexity index is 1170. The highest BCUT2D eigenvalue weighted by Gasteiger charge is 2.39. The van der Waals surface area contributed by atoms with E-state index in [2.05, 4.69) is 49.6 Å². The molecule has 2 aromatic rings. The van der Waals surface area contributed by atoms with Gasteiger partial charge in [0.1, 0.15) is 5.82 Å². The Morgan fingerprint density at radius 1 is 0.711 bits per heavy atom. The zero-order valence-electron chi connectivity index (χ0n) is 23.4. The van der Waals surface area contributed by atoms with Crippen molar-refractivity contribution in [3.05, 3.63) is 47.8 Å². The molecule has 12 nitrogen and oxygen atoms in total. The number of aliphatic carboxylic acids is 3. The standard InChI is InChI=1S/C18H26N6.3C2HF3O2/c1-21-6-8-22(9-7-21)14-17-12-20-18-15-23(10-11-24(17)18)13-16-2-4-19-5-3-16;3*3-2(4,5)1(6)7/h2-5,12H,6-11,13-15H2,1H3;3*(H,6,7). The summed E-state index contributed by atoms with van der Waals surface area (Å²) in [6, 6.07) is 4.19. The Morgan fingerprint density at radius 2 is 1.13 bits per heavy atom. The van der Waals surface area contributed by atoms with Crippen LogP contribution < -0.4 is 0 Å². The fourth-order valence-electron chi connectivity index (χ4n) is 3.62. The quantitative estimate of drug-likeness (QED) is 0.413. The third kappa shape index (κ3) is 15.0. The number of carboxylic acids is 3. The molecule has 2 aromatic heterocycles. The third-order valence-electron chi connectivity index (χ3n) is 5.89. The Hall–Kier alpha value is -3.98. The average Bonchev–Trinajstić information content (AvgIpc) is 3.32. The molecular formula is C24H29F9N6O6. The topological polar surface area (TPSA) is 152 Å². The van der Waals surface area contributed by atoms with E-state index in [1.807, 2.05) is 12.4 Å². The van der Waals surface area contributed by atoms with Crippen molar-refractivity contribution >= 4 is 17.9 Å². The smallest absolute Gasteiger partial charge is 0.475 e. The highest BCUT2D eigenvalue weighted by Crippen LogP contribution is 2.18. The van der Waals surface area contributed by atoms with E-state index in [0.717, 1.165) is 45.8 Å². The number of pyridine rings is 1. The van der Waals surface area contributed by atoms with Gasteiger partial charge in [-0.15, -0.1) is 0 Å². The van der Waals surface area contributed by atoms with Gasteiger partial charge in [0, 0.05) is 70.9 Å². The molecule has 3 N–H and O–H groups in total. The van der Waals surface area contributed by atoms with Gasteiger partial charge in [0.15, 0.2) is 0 Å². The Kier molecular flexibility index (Phi) is 14.7. The Labute approximate surface area is 249 Å². The maximum atomic E-state index is 10.6. The lowest BCUT2D eigenvalue weighted by atomic mass is 10.2. The van der Waals surface area contributed by atoms with Crippen LogP contribution in [0.3, 0.4) is 0 Å². The monoisotopic (exact) mass is 668 g/mol. The number of carboxylic acid groups (broad SMARTS) is 3. The van der Waals surface area contributed by atoms with Crippen molar-refractivity contribution in [2.24, 2.45) is 0 Å². The molecule has 21 heteroatoms. The first-order valence-electron chi connectivity index (χ1n) is 12.6. The molecule has 1 fully saturated rings. The van der Waals surface area contributed by atoms with Crippen LogP contribution in [0.2, 0.25) is 0 Å². The largest absolute Gasteiger partial charge is 0.490 e. The number of rotatable bonds is 4. The maximum Gasteiger partial charge on any atom is 0.490 e. The van der Waals surface area contributed by atoms with Gasteiger partial charge in [-0.25, -0.2) is 19.4 Å². The van der Waals surface area contributed by atoms with Crippen LogP contribution in [0.25, 0.3) is 0 Å². The number of hydrogen-bond acceptors (Lipinski definition) is 8. The van der Waals surface area contributed by atoms with E-state index in [4.69, 9.17) is 34.7 Å². The first-order chi connectivity index (χ1) is 20.6. The van der Waals surface area contributed by atoms with Gasteiger partial charge in [-0.3, -0.25) is 14.8 Å². The van der Waals surface area contributed by atoms with E-state index < -0.39 is 36.4 Å². The fraction of sp³-hybridized carbons (Fsp3) is 0.542. The molecular weight excluding hydrogens is 639 g/mol. The number of imidazole rings is 1. The van der Waals surface area contributed by atoms with Gasteiger partial charge in [-0.1, -0.05) is 0 Å². The molecule has 1 saturated heterocycles. The first-order valence-corrected chi connectivity index (χ1v) is 12.6. The minimum atomic E-state index is -5.08. The lowest BCUT2D eigenvalue weighted by Gasteiger charge is -2.33. The van der Waals surface area contributed by atoms with Crippen molar-refractivity contribution in [2.45, 2.75) is 44.7 Å². The van der Waals surface area contributed by atoms with E-state index in [-0.39, 0.29) is 0 Å². The minimum absolute atomic E-state index is 0.936. The van der Waals surface area contributed by atoms with Crippen LogP contribution >= 0.6 is 0 Å². The van der Waals surface area contributed by atoms with Gasteiger partial charge < -0.3 is 24.8 Å². The van der Waals surface area contributed by atoms with Crippen molar-refractivity contribution in [1.29, 1.82) is 0 Å². The molecule has 2 aliphatic rings. The molecule has 4 heterocycles. The third-order valence-corrected chi connectivity index (χ3v) is 5.89. The molecule has 4 rings (SSSR count). The summed E-state index contributed by atoms with van der Waals surface area (Å²) in [4.78, 5) is 42.9. The van der Waals surface area contributed by atoms with Gasteiger partial charge >= 0.3 is 36.4 Å². The summed E-state index contributed by atoms with van der Waals surface area (Å²) in [5.41, 5.74) is 2.70. The highest BCUT2D eigenvalue weighted by molar-refractivity contribution is 5.73. The molecule has 0 spiro atoms. The number of likely N-dealkylation sites (N-methyl/N-ethyl adjacent to an activating group) is 1. The Balaban J connectivity index is 0.000000396. The zero-order valence-corrected chi connectivity index (χ0v) is 23.4. The number of hydrogen-bond donors (Lipinski definition) is 3. The summed E-state index contributed by atoms with van der Waals surface area (Å²) < 4.78 is 97.6. The average molecular weight is 669 g/mol. The summed E-state index contributed by atoms with van der Waals surface area (Å²) in [5, 5.41) is 21.4. The van der Waals surface area contributed by atoms with Crippen molar-refractivity contribution in [2.75, 3.05) is 39.8 Å². The zero-order chi connectivity index (χ0) is 34.6. The number of piperazine rings is 1. The molecule has 2 aliphatic heterocycles. The maximum absolute atomic E-state index is 10.6. The van der Waals surface area contributed by atoms with Crippen LogP contribution in [0.5, 0.6) is 0 Å². The van der Waals surface area contributed by atoms with Crippen LogP contribution in [0.4, 0.5) is 39.5 Å². The normalized spacial score (nSPS) is 16.0. The van der Waals surface area contributed by atoms with Crippen LogP contribution in [-0.4, -0.2) is 121 Å². The molecule has 0 amide bonds. The van der Waals surface area contributed by atoms with Crippen molar-refractivity contribution in [1.82, 2.24) is 29.2 Å². The van der Waals surface area contributed by atoms with Crippen molar-refractivity contribution < 1.29 is 69.2 Å². The second kappa shape index (κ2) is 16.9. The molecule has 0 saturated carbocycles. The second-order valence-corrected chi connectivity index (χ2v) is 9.37. The van der Waals surface area contributed by atoms with Crippen LogP contribution in [0, 0.1) is 0 Å². The lowest BCUT2D eigenvalue weighted by Crippen LogP contribution is -2.44. The molecule has 0 bridgehead atoms. The van der Waals surface area contributed by atoms with Gasteiger partial charge in [-0.05, 0) is 24.7 Å². The van der Waals surface area contributed by atoms with E-state index in [1.165, 1.54) is 30.2 Å².